The molecule has 3 aromatic rings. The third-order valence-electron chi connectivity index (χ3n) is 4.08. The first-order chi connectivity index (χ1) is 11.1. The number of benzene rings is 2. The normalized spacial score (nSPS) is 10.9. The van der Waals surface area contributed by atoms with Gasteiger partial charge in [-0.3, -0.25) is 4.79 Å². The van der Waals surface area contributed by atoms with E-state index >= 15 is 0 Å². The van der Waals surface area contributed by atoms with Crippen LogP contribution in [0.25, 0.3) is 11.0 Å². The molecule has 0 saturated heterocycles. The van der Waals surface area contributed by atoms with Gasteiger partial charge in [0.25, 0.3) is 0 Å². The predicted molar refractivity (Wildman–Crippen MR) is 92.1 cm³/mol. The Bertz CT molecular complexity index is 836. The Morgan fingerprint density at radius 1 is 1.17 bits per heavy atom. The van der Waals surface area contributed by atoms with Crippen LogP contribution >= 0.6 is 0 Å². The van der Waals surface area contributed by atoms with Crippen LogP contribution in [-0.4, -0.2) is 15.5 Å². The zero-order valence-corrected chi connectivity index (χ0v) is 13.5. The molecule has 1 amide bonds. The smallest absolute Gasteiger partial charge is 0.222 e. The highest BCUT2D eigenvalue weighted by molar-refractivity contribution is 5.77. The number of hydrogen-bond acceptors (Lipinski definition) is 2. The summed E-state index contributed by atoms with van der Waals surface area (Å²) in [4.78, 5) is 16.4. The highest BCUT2D eigenvalue weighted by atomic mass is 16.1. The Kier molecular flexibility index (Phi) is 4.42. The summed E-state index contributed by atoms with van der Waals surface area (Å²) in [5.74, 6) is 0.0581. The van der Waals surface area contributed by atoms with Crippen LogP contribution < -0.4 is 5.32 Å². The van der Waals surface area contributed by atoms with Gasteiger partial charge in [-0.15, -0.1) is 0 Å². The number of nitrogens with one attached hydrogen (secondary N) is 1. The number of hydrogen-bond donors (Lipinski definition) is 1. The Hall–Kier alpha value is -2.62. The molecule has 23 heavy (non-hydrogen) atoms. The van der Waals surface area contributed by atoms with Gasteiger partial charge in [-0.1, -0.05) is 35.9 Å². The number of carbonyl (C=O) groups is 1. The third kappa shape index (κ3) is 3.59. The van der Waals surface area contributed by atoms with Gasteiger partial charge in [0, 0.05) is 19.5 Å². The fraction of sp³-hybridized carbons (Fsp3) is 0.263. The van der Waals surface area contributed by atoms with Crippen LogP contribution in [0.5, 0.6) is 0 Å². The molecule has 4 nitrogen and oxygen atoms in total. The Balaban J connectivity index is 1.55. The number of imidazole rings is 1. The largest absolute Gasteiger partial charge is 0.352 e. The van der Waals surface area contributed by atoms with Gasteiger partial charge in [-0.2, -0.15) is 0 Å². The average Bonchev–Trinajstić information content (AvgIpc) is 2.95. The number of carbonyl (C=O) groups excluding carboxylic acids is 1. The molecule has 3 rings (SSSR count). The molecule has 0 unspecified atom stereocenters. The first kappa shape index (κ1) is 15.3. The van der Waals surface area contributed by atoms with Crippen LogP contribution in [0.2, 0.25) is 0 Å². The second kappa shape index (κ2) is 6.65. The van der Waals surface area contributed by atoms with E-state index in [0.717, 1.165) is 16.6 Å². The molecule has 118 valence electrons. The number of aromatic nitrogens is 2. The van der Waals surface area contributed by atoms with Crippen molar-refractivity contribution in [3.05, 3.63) is 65.5 Å². The van der Waals surface area contributed by atoms with E-state index in [1.165, 1.54) is 11.1 Å². The van der Waals surface area contributed by atoms with Crippen molar-refractivity contribution in [1.82, 2.24) is 14.9 Å². The number of nitrogens with zero attached hydrogens (tertiary/aromatic N) is 2. The van der Waals surface area contributed by atoms with E-state index in [1.807, 2.05) is 28.8 Å². The Labute approximate surface area is 136 Å². The molecule has 0 aliphatic carbocycles. The van der Waals surface area contributed by atoms with Crippen molar-refractivity contribution in [3.63, 3.8) is 0 Å². The fourth-order valence-corrected chi connectivity index (χ4v) is 2.74. The van der Waals surface area contributed by atoms with Gasteiger partial charge in [0.15, 0.2) is 0 Å². The summed E-state index contributed by atoms with van der Waals surface area (Å²) < 4.78 is 2.02. The number of fused-ring (bicyclic) bond motifs is 1. The molecule has 0 saturated carbocycles. The summed E-state index contributed by atoms with van der Waals surface area (Å²) in [6, 6.07) is 14.2. The molecule has 0 atom stereocenters. The van der Waals surface area contributed by atoms with Gasteiger partial charge in [-0.05, 0) is 37.1 Å². The zero-order chi connectivity index (χ0) is 16.2. The first-order valence-electron chi connectivity index (χ1n) is 7.86. The number of amides is 1. The van der Waals surface area contributed by atoms with Crippen molar-refractivity contribution in [1.29, 1.82) is 0 Å². The molecular weight excluding hydrogens is 286 g/mol. The lowest BCUT2D eigenvalue weighted by Gasteiger charge is -2.09. The molecule has 0 bridgehead atoms. The van der Waals surface area contributed by atoms with Gasteiger partial charge in [0.1, 0.15) is 0 Å². The minimum absolute atomic E-state index is 0.0581. The van der Waals surface area contributed by atoms with E-state index in [1.54, 1.807) is 6.33 Å². The molecule has 0 radical (unpaired) electrons. The summed E-state index contributed by atoms with van der Waals surface area (Å²) in [6.07, 6.45) is 2.24. The van der Waals surface area contributed by atoms with Crippen molar-refractivity contribution in [2.45, 2.75) is 33.4 Å². The minimum Gasteiger partial charge on any atom is -0.352 e. The Morgan fingerprint density at radius 3 is 2.83 bits per heavy atom. The van der Waals surface area contributed by atoms with Crippen LogP contribution in [0, 0.1) is 13.8 Å². The second-order valence-corrected chi connectivity index (χ2v) is 5.88. The molecule has 0 aliphatic rings. The summed E-state index contributed by atoms with van der Waals surface area (Å²) in [6.45, 7) is 5.37. The Morgan fingerprint density at radius 2 is 2.00 bits per heavy atom. The maximum atomic E-state index is 12.1. The van der Waals surface area contributed by atoms with E-state index in [0.29, 0.717) is 19.5 Å². The van der Waals surface area contributed by atoms with Crippen molar-refractivity contribution < 1.29 is 4.79 Å². The van der Waals surface area contributed by atoms with Gasteiger partial charge in [-0.25, -0.2) is 4.98 Å². The lowest BCUT2D eigenvalue weighted by Crippen LogP contribution is -2.24. The van der Waals surface area contributed by atoms with E-state index in [9.17, 15) is 4.79 Å². The van der Waals surface area contributed by atoms with Crippen LogP contribution in [0.1, 0.15) is 23.1 Å². The zero-order valence-electron chi connectivity index (χ0n) is 13.5. The van der Waals surface area contributed by atoms with Crippen molar-refractivity contribution in [2.24, 2.45) is 0 Å². The number of aryl methyl sites for hydroxylation is 3. The third-order valence-corrected chi connectivity index (χ3v) is 4.08. The van der Waals surface area contributed by atoms with E-state index < -0.39 is 0 Å². The molecule has 4 heteroatoms. The van der Waals surface area contributed by atoms with Crippen molar-refractivity contribution in [3.8, 4) is 0 Å². The van der Waals surface area contributed by atoms with Gasteiger partial charge >= 0.3 is 0 Å². The van der Waals surface area contributed by atoms with Crippen LogP contribution in [-0.2, 0) is 17.9 Å². The van der Waals surface area contributed by atoms with Gasteiger partial charge in [0.2, 0.25) is 5.91 Å². The highest BCUT2D eigenvalue weighted by Gasteiger charge is 2.06. The van der Waals surface area contributed by atoms with Crippen molar-refractivity contribution in [2.75, 3.05) is 0 Å². The highest BCUT2D eigenvalue weighted by Crippen LogP contribution is 2.12. The predicted octanol–water partition coefficient (Wildman–Crippen LogP) is 3.36. The van der Waals surface area contributed by atoms with Gasteiger partial charge in [0.05, 0.1) is 17.4 Å². The molecule has 0 fully saturated rings. The standard InChI is InChI=1S/C19H21N3O/c1-14-7-8-16(15(2)11-14)12-20-19(23)9-10-22-13-21-17-5-3-4-6-18(17)22/h3-8,11,13H,9-10,12H2,1-2H3,(H,20,23). The minimum atomic E-state index is 0.0581. The topological polar surface area (TPSA) is 46.9 Å². The molecular formula is C19H21N3O. The quantitative estimate of drug-likeness (QED) is 0.785. The molecule has 2 aromatic carbocycles. The van der Waals surface area contributed by atoms with Crippen LogP contribution in [0.15, 0.2) is 48.8 Å². The molecule has 0 spiro atoms. The molecule has 0 aliphatic heterocycles. The number of para-hydroxylation sites is 2. The summed E-state index contributed by atoms with van der Waals surface area (Å²) >= 11 is 0. The van der Waals surface area contributed by atoms with Crippen molar-refractivity contribution >= 4 is 16.9 Å². The molecule has 1 aromatic heterocycles. The summed E-state index contributed by atoms with van der Waals surface area (Å²) in [5.41, 5.74) is 5.64. The van der Waals surface area contributed by atoms with Crippen LogP contribution in [0.4, 0.5) is 0 Å². The fourth-order valence-electron chi connectivity index (χ4n) is 2.74. The van der Waals surface area contributed by atoms with E-state index in [2.05, 4.69) is 42.3 Å². The second-order valence-electron chi connectivity index (χ2n) is 5.88. The van der Waals surface area contributed by atoms with E-state index in [-0.39, 0.29) is 5.91 Å². The maximum Gasteiger partial charge on any atom is 0.222 e. The molecule has 1 N–H and O–H groups in total. The van der Waals surface area contributed by atoms with Gasteiger partial charge < -0.3 is 9.88 Å². The summed E-state index contributed by atoms with van der Waals surface area (Å²) in [5, 5.41) is 3.00. The molecule has 1 heterocycles. The maximum absolute atomic E-state index is 12.1. The lowest BCUT2D eigenvalue weighted by molar-refractivity contribution is -0.121. The first-order valence-corrected chi connectivity index (χ1v) is 7.86. The monoisotopic (exact) mass is 307 g/mol. The van der Waals surface area contributed by atoms with E-state index in [4.69, 9.17) is 0 Å². The van der Waals surface area contributed by atoms with Crippen LogP contribution in [0.3, 0.4) is 0 Å². The average molecular weight is 307 g/mol. The SMILES string of the molecule is Cc1ccc(CNC(=O)CCn2cnc3ccccc32)c(C)c1. The number of rotatable bonds is 5. The summed E-state index contributed by atoms with van der Waals surface area (Å²) in [7, 11) is 0. The lowest BCUT2D eigenvalue weighted by atomic mass is 10.1.